The van der Waals surface area contributed by atoms with Crippen LogP contribution in [-0.4, -0.2) is 51.6 Å². The molecule has 0 N–H and O–H groups in total. The molecule has 2 aromatic carbocycles. The van der Waals surface area contributed by atoms with Crippen molar-refractivity contribution in [2.24, 2.45) is 11.3 Å². The highest BCUT2D eigenvalue weighted by Gasteiger charge is 2.55. The van der Waals surface area contributed by atoms with Crippen LogP contribution < -0.4 is 0 Å². The molecule has 2 atom stereocenters. The highest BCUT2D eigenvalue weighted by Crippen LogP contribution is 2.54. The van der Waals surface area contributed by atoms with Gasteiger partial charge in [0.25, 0.3) is 0 Å². The number of allylic oxidation sites excluding steroid dienone is 1. The lowest BCUT2D eigenvalue weighted by molar-refractivity contribution is 0.145. The van der Waals surface area contributed by atoms with Crippen molar-refractivity contribution in [1.29, 1.82) is 0 Å². The highest BCUT2D eigenvalue weighted by atomic mass is 32.2. The van der Waals surface area contributed by atoms with Crippen LogP contribution in [0.25, 0.3) is 0 Å². The van der Waals surface area contributed by atoms with Gasteiger partial charge in [-0.1, -0.05) is 42.0 Å². The molecule has 0 saturated carbocycles. The van der Waals surface area contributed by atoms with Crippen LogP contribution in [0.1, 0.15) is 24.5 Å². The molecule has 2 aliphatic heterocycles. The predicted molar refractivity (Wildman–Crippen MR) is 132 cm³/mol. The van der Waals surface area contributed by atoms with Crippen molar-refractivity contribution in [2.45, 2.75) is 37.0 Å². The van der Waals surface area contributed by atoms with E-state index in [4.69, 9.17) is 0 Å². The fourth-order valence-corrected chi connectivity index (χ4v) is 8.80. The van der Waals surface area contributed by atoms with Crippen molar-refractivity contribution in [3.8, 4) is 0 Å². The summed E-state index contributed by atoms with van der Waals surface area (Å²) in [6, 6.07) is 13.8. The first-order valence-electron chi connectivity index (χ1n) is 11.5. The Hall–Kier alpha value is -2.26. The van der Waals surface area contributed by atoms with Crippen LogP contribution in [0, 0.1) is 25.2 Å². The summed E-state index contributed by atoms with van der Waals surface area (Å²) in [6.45, 7) is 11.3. The summed E-state index contributed by atoms with van der Waals surface area (Å²) >= 11 is 0. The summed E-state index contributed by atoms with van der Waals surface area (Å²) in [6.07, 6.45) is 0.721. The second-order valence-corrected chi connectivity index (χ2v) is 13.9. The zero-order valence-corrected chi connectivity index (χ0v) is 21.4. The summed E-state index contributed by atoms with van der Waals surface area (Å²) < 4.78 is 57.3. The minimum Gasteiger partial charge on any atom is -0.207 e. The van der Waals surface area contributed by atoms with Crippen LogP contribution in [-0.2, 0) is 20.0 Å². The monoisotopic (exact) mass is 498 g/mol. The third kappa shape index (κ3) is 3.59. The van der Waals surface area contributed by atoms with E-state index in [2.05, 4.69) is 6.58 Å². The summed E-state index contributed by atoms with van der Waals surface area (Å²) in [5.41, 5.74) is 4.41. The number of nitrogens with zero attached hydrogens (tertiary/aromatic N) is 2. The van der Waals surface area contributed by atoms with Crippen LogP contribution in [0.4, 0.5) is 0 Å². The maximum absolute atomic E-state index is 13.6. The van der Waals surface area contributed by atoms with Gasteiger partial charge in [0.05, 0.1) is 9.79 Å². The average Bonchev–Trinajstić information content (AvgIpc) is 3.17. The Bertz CT molecular complexity index is 1410. The Kier molecular flexibility index (Phi) is 5.44. The Balaban J connectivity index is 1.53. The molecule has 0 aromatic heterocycles. The summed E-state index contributed by atoms with van der Waals surface area (Å²) in [5.74, 6) is -0.0280. The molecule has 34 heavy (non-hydrogen) atoms. The fraction of sp³-hybridized carbons (Fsp3) is 0.385. The highest BCUT2D eigenvalue weighted by molar-refractivity contribution is 7.89. The lowest BCUT2D eigenvalue weighted by Crippen LogP contribution is -2.53. The quantitative estimate of drug-likeness (QED) is 0.641. The lowest BCUT2D eigenvalue weighted by atomic mass is 9.64. The molecular weight excluding hydrogens is 468 g/mol. The van der Waals surface area contributed by atoms with Gasteiger partial charge in [-0.25, -0.2) is 16.8 Å². The number of aryl methyl sites for hydroxylation is 2. The molecule has 2 unspecified atom stereocenters. The lowest BCUT2D eigenvalue weighted by Gasteiger charge is -2.48. The van der Waals surface area contributed by atoms with Gasteiger partial charge in [-0.15, -0.1) is 0 Å². The summed E-state index contributed by atoms with van der Waals surface area (Å²) in [4.78, 5) is 0.534. The topological polar surface area (TPSA) is 74.8 Å². The summed E-state index contributed by atoms with van der Waals surface area (Å²) in [5, 5.41) is 0. The molecule has 2 aromatic rings. The Morgan fingerprint density at radius 3 is 1.79 bits per heavy atom. The second kappa shape index (κ2) is 7.88. The minimum atomic E-state index is -3.71. The molecule has 8 heteroatoms. The van der Waals surface area contributed by atoms with E-state index in [9.17, 15) is 16.8 Å². The van der Waals surface area contributed by atoms with Crippen LogP contribution >= 0.6 is 0 Å². The average molecular weight is 499 g/mol. The van der Waals surface area contributed by atoms with Crippen LogP contribution in [0.2, 0.25) is 0 Å². The number of piperidine rings is 1. The van der Waals surface area contributed by atoms with E-state index in [-0.39, 0.29) is 35.3 Å². The smallest absolute Gasteiger partial charge is 0.207 e. The number of benzene rings is 2. The molecule has 2 heterocycles. The zero-order valence-electron chi connectivity index (χ0n) is 19.8. The molecule has 180 valence electrons. The van der Waals surface area contributed by atoms with E-state index >= 15 is 0 Å². The van der Waals surface area contributed by atoms with Gasteiger partial charge >= 0.3 is 0 Å². The van der Waals surface area contributed by atoms with Crippen LogP contribution in [0.5, 0.6) is 0 Å². The van der Waals surface area contributed by atoms with Crippen molar-refractivity contribution >= 4 is 20.0 Å². The molecule has 1 spiro atoms. The maximum Gasteiger partial charge on any atom is 0.243 e. The van der Waals surface area contributed by atoms with Gasteiger partial charge in [0.2, 0.25) is 20.0 Å². The molecule has 6 nitrogen and oxygen atoms in total. The number of sulfonamides is 2. The first-order chi connectivity index (χ1) is 15.9. The SMILES string of the molecule is C=C1C(C)=C2CN(S(=O)(=O)c3ccc(C)cc3)CC23CC1CN(S(=O)(=O)c1ccc(C)cc1)C3. The van der Waals surface area contributed by atoms with Gasteiger partial charge in [-0.2, -0.15) is 8.61 Å². The summed E-state index contributed by atoms with van der Waals surface area (Å²) in [7, 11) is -7.42. The normalized spacial score (nSPS) is 26.1. The van der Waals surface area contributed by atoms with E-state index in [0.717, 1.165) is 34.3 Å². The molecule has 3 aliphatic rings. The third-order valence-electron chi connectivity index (χ3n) is 7.74. The zero-order chi connectivity index (χ0) is 24.5. The van der Waals surface area contributed by atoms with E-state index in [1.807, 2.05) is 20.8 Å². The van der Waals surface area contributed by atoms with Crippen LogP contribution in [0.15, 0.2) is 81.6 Å². The fourth-order valence-electron chi connectivity index (χ4n) is 5.74. The van der Waals surface area contributed by atoms with E-state index < -0.39 is 25.5 Å². The number of rotatable bonds is 4. The van der Waals surface area contributed by atoms with Gasteiger partial charge in [0, 0.05) is 31.6 Å². The van der Waals surface area contributed by atoms with Crippen molar-refractivity contribution in [3.63, 3.8) is 0 Å². The van der Waals surface area contributed by atoms with Crippen LogP contribution in [0.3, 0.4) is 0 Å². The van der Waals surface area contributed by atoms with Crippen molar-refractivity contribution in [1.82, 2.24) is 8.61 Å². The predicted octanol–water partition coefficient (Wildman–Crippen LogP) is 3.89. The standard InChI is InChI=1S/C26H30N2O4S2/c1-18-5-9-23(10-6-18)33(29,30)27-14-22-13-26(16-27)17-28(15-25(26)21(4)20(22)3)34(31,32)24-11-7-19(2)8-12-24/h5-12,22H,3,13-17H2,1-2,4H3. The Morgan fingerprint density at radius 1 is 0.794 bits per heavy atom. The Morgan fingerprint density at radius 2 is 1.26 bits per heavy atom. The number of fused-ring (bicyclic) bond motifs is 1. The Labute approximate surface area is 202 Å². The van der Waals surface area contributed by atoms with Gasteiger partial charge in [0.15, 0.2) is 0 Å². The molecule has 0 amide bonds. The molecule has 2 bridgehead atoms. The minimum absolute atomic E-state index is 0.0280. The van der Waals surface area contributed by atoms with E-state index in [1.54, 1.807) is 52.8 Å². The molecule has 1 aliphatic carbocycles. The third-order valence-corrected chi connectivity index (χ3v) is 11.4. The maximum atomic E-state index is 13.6. The van der Waals surface area contributed by atoms with E-state index in [1.165, 1.54) is 4.31 Å². The molecule has 2 saturated heterocycles. The molecular formula is C26H30N2O4S2. The second-order valence-electron chi connectivity index (χ2n) is 10.0. The largest absolute Gasteiger partial charge is 0.243 e. The van der Waals surface area contributed by atoms with Gasteiger partial charge < -0.3 is 0 Å². The van der Waals surface area contributed by atoms with Gasteiger partial charge in [0.1, 0.15) is 0 Å². The molecule has 0 radical (unpaired) electrons. The first kappa shape index (κ1) is 23.5. The van der Waals surface area contributed by atoms with Gasteiger partial charge in [-0.3, -0.25) is 0 Å². The molecule has 5 rings (SSSR count). The molecule has 2 fully saturated rings. The van der Waals surface area contributed by atoms with Crippen molar-refractivity contribution < 1.29 is 16.8 Å². The number of hydrogen-bond acceptors (Lipinski definition) is 4. The van der Waals surface area contributed by atoms with E-state index in [0.29, 0.717) is 6.54 Å². The van der Waals surface area contributed by atoms with Gasteiger partial charge in [-0.05, 0) is 74.1 Å². The first-order valence-corrected chi connectivity index (χ1v) is 14.4. The van der Waals surface area contributed by atoms with Crippen molar-refractivity contribution in [3.05, 3.63) is 83.0 Å². The van der Waals surface area contributed by atoms with Crippen molar-refractivity contribution in [2.75, 3.05) is 26.2 Å². The number of hydrogen-bond donors (Lipinski definition) is 0.